The SMILES string of the molecule is [Ba+2].[La+3].[Nb+2].[OH-].[OH-].[OH-].[OH-].[Ti]. The Kier molecular flexibility index (Phi) is 759. The molecule has 8 heteroatoms. The van der Waals surface area contributed by atoms with E-state index in [1.165, 1.54) is 0 Å². The standard InChI is InChI=1S/Ba.La.Nb.4H2O.Ti/h;;;4*1H2;/q+2;+3;+2;;;;;/p-4. The summed E-state index contributed by atoms with van der Waals surface area (Å²) in [5.41, 5.74) is 0. The van der Waals surface area contributed by atoms with Gasteiger partial charge in [0, 0.05) is 21.7 Å². The summed E-state index contributed by atoms with van der Waals surface area (Å²) >= 11 is 0. The third kappa shape index (κ3) is 50.1. The third-order valence-electron chi connectivity index (χ3n) is 0. The molecular formula is H4BaLaNbO4Ti+3. The van der Waals surface area contributed by atoms with Crippen LogP contribution in [0, 0.1) is 35.6 Å². The fraction of sp³-hybridized carbons (Fsp3) is 0. The largest absolute Gasteiger partial charge is 3.00 e. The maximum Gasteiger partial charge on any atom is 3.00 e. The molecule has 0 bridgehead atoms. The van der Waals surface area contributed by atoms with Crippen molar-refractivity contribution in [2.75, 3.05) is 0 Å². The van der Waals surface area contributed by atoms with Crippen LogP contribution >= 0.6 is 0 Å². The minimum atomic E-state index is 0. The number of rotatable bonds is 0. The Bertz CT molecular complexity index is 16.0. The molecule has 0 aliphatic heterocycles. The van der Waals surface area contributed by atoms with Crippen molar-refractivity contribution in [2.45, 2.75) is 0 Å². The third-order valence-corrected chi connectivity index (χ3v) is 0. The first-order valence-electron chi connectivity index (χ1n) is 0. The van der Waals surface area contributed by atoms with Gasteiger partial charge >= 0.3 is 107 Å². The molecule has 4 N–H and O–H groups in total. The van der Waals surface area contributed by atoms with E-state index in [1.54, 1.807) is 0 Å². The van der Waals surface area contributed by atoms with Gasteiger partial charge in [0.15, 0.2) is 0 Å². The summed E-state index contributed by atoms with van der Waals surface area (Å²) in [7, 11) is 0. The van der Waals surface area contributed by atoms with Crippen LogP contribution in [-0.2, 0) is 44.1 Å². The maximum atomic E-state index is 0. The van der Waals surface area contributed by atoms with Crippen LogP contribution < -0.4 is 0 Å². The molecule has 0 spiro atoms. The van der Waals surface area contributed by atoms with Gasteiger partial charge in [-0.15, -0.1) is 0 Å². The van der Waals surface area contributed by atoms with E-state index in [1.807, 2.05) is 0 Å². The molecule has 1 radical (unpaired) electrons. The van der Waals surface area contributed by atoms with Crippen molar-refractivity contribution in [3.05, 3.63) is 0 Å². The van der Waals surface area contributed by atoms with Crippen LogP contribution in [0.5, 0.6) is 0 Å². The molecular weight excluding hydrogens is 481 g/mol. The van der Waals surface area contributed by atoms with Gasteiger partial charge in [-0.3, -0.25) is 0 Å². The Morgan fingerprint density at radius 3 is 0.625 bits per heavy atom. The Morgan fingerprint density at radius 2 is 0.625 bits per heavy atom. The summed E-state index contributed by atoms with van der Waals surface area (Å²) in [6, 6.07) is 0. The van der Waals surface area contributed by atoms with Crippen LogP contribution in [0.3, 0.4) is 0 Å². The van der Waals surface area contributed by atoms with Gasteiger partial charge < -0.3 is 21.9 Å². The van der Waals surface area contributed by atoms with E-state index >= 15 is 0 Å². The van der Waals surface area contributed by atoms with Crippen LogP contribution in [0.1, 0.15) is 0 Å². The summed E-state index contributed by atoms with van der Waals surface area (Å²) in [4.78, 5) is 0. The van der Waals surface area contributed by atoms with Crippen LogP contribution in [0.15, 0.2) is 0 Å². The molecule has 4 nitrogen and oxygen atoms in total. The monoisotopic (exact) mass is 486 g/mol. The summed E-state index contributed by atoms with van der Waals surface area (Å²) in [5.74, 6) is 0. The zero-order chi connectivity index (χ0) is 0. The first kappa shape index (κ1) is 89.5. The van der Waals surface area contributed by atoms with E-state index in [-0.39, 0.29) is 150 Å². The quantitative estimate of drug-likeness (QED) is 0.405. The topological polar surface area (TPSA) is 120 Å². The minimum absolute atomic E-state index is 0. The Hall–Kier alpha value is 4.06. The molecule has 0 fully saturated rings. The molecule has 0 aromatic heterocycles. The van der Waals surface area contributed by atoms with Crippen molar-refractivity contribution in [1.82, 2.24) is 0 Å². The fourth-order valence-electron chi connectivity index (χ4n) is 0. The average Bonchev–Trinajstić information content (AvgIpc) is 0. The van der Waals surface area contributed by atoms with E-state index in [4.69, 9.17) is 0 Å². The van der Waals surface area contributed by atoms with Crippen molar-refractivity contribution in [3.8, 4) is 0 Å². The van der Waals surface area contributed by atoms with E-state index in [9.17, 15) is 0 Å². The van der Waals surface area contributed by atoms with Gasteiger partial charge in [-0.05, 0) is 0 Å². The molecule has 0 atom stereocenters. The molecule has 0 saturated carbocycles. The summed E-state index contributed by atoms with van der Waals surface area (Å²) in [6.45, 7) is 0. The molecule has 0 amide bonds. The van der Waals surface area contributed by atoms with Crippen molar-refractivity contribution in [3.63, 3.8) is 0 Å². The van der Waals surface area contributed by atoms with Crippen LogP contribution in [-0.4, -0.2) is 70.8 Å². The molecule has 0 saturated heterocycles. The van der Waals surface area contributed by atoms with Gasteiger partial charge in [-0.25, -0.2) is 0 Å². The van der Waals surface area contributed by atoms with E-state index in [2.05, 4.69) is 0 Å². The number of hydrogen-bond acceptors (Lipinski definition) is 4. The van der Waals surface area contributed by atoms with Gasteiger partial charge in [-0.1, -0.05) is 0 Å². The molecule has 0 aromatic carbocycles. The first-order valence-corrected chi connectivity index (χ1v) is 0. The molecule has 0 unspecified atom stereocenters. The number of hydrogen-bond donors (Lipinski definition) is 0. The predicted molar refractivity (Wildman–Crippen MR) is 13.5 cm³/mol. The van der Waals surface area contributed by atoms with Gasteiger partial charge in [0.05, 0.1) is 0 Å². The second-order valence-electron chi connectivity index (χ2n) is 0. The van der Waals surface area contributed by atoms with Gasteiger partial charge in [-0.2, -0.15) is 0 Å². The van der Waals surface area contributed by atoms with Crippen molar-refractivity contribution in [1.29, 1.82) is 0 Å². The van der Waals surface area contributed by atoms with Crippen molar-refractivity contribution >= 4 is 48.9 Å². The Balaban J connectivity index is 0. The average molecular weight is 485 g/mol. The predicted octanol–water partition coefficient (Wildman–Crippen LogP) is -1.09. The van der Waals surface area contributed by atoms with Crippen molar-refractivity contribution < 1.29 is 102 Å². The van der Waals surface area contributed by atoms with Crippen LogP contribution in [0.4, 0.5) is 0 Å². The van der Waals surface area contributed by atoms with Gasteiger partial charge in [0.25, 0.3) is 0 Å². The van der Waals surface area contributed by atoms with Gasteiger partial charge in [0.1, 0.15) is 0 Å². The van der Waals surface area contributed by atoms with Crippen LogP contribution in [0.2, 0.25) is 0 Å². The molecule has 39 valence electrons. The molecule has 8 heavy (non-hydrogen) atoms. The van der Waals surface area contributed by atoms with E-state index in [0.29, 0.717) is 0 Å². The zero-order valence-corrected chi connectivity index (χ0v) is 15.8. The molecule has 0 heterocycles. The maximum absolute atomic E-state index is 0. The van der Waals surface area contributed by atoms with Crippen LogP contribution in [0.25, 0.3) is 0 Å². The molecule has 0 rings (SSSR count). The second kappa shape index (κ2) is 67.9. The molecule has 0 aliphatic carbocycles. The molecule has 0 aliphatic rings. The zero-order valence-electron chi connectivity index (χ0n) is 4.02. The fourth-order valence-corrected chi connectivity index (χ4v) is 0. The summed E-state index contributed by atoms with van der Waals surface area (Å²) < 4.78 is 0. The molecule has 0 aromatic rings. The normalized spacial score (nSPS) is 0. The Morgan fingerprint density at radius 1 is 0.625 bits per heavy atom. The summed E-state index contributed by atoms with van der Waals surface area (Å²) in [5, 5.41) is 0. The second-order valence-corrected chi connectivity index (χ2v) is 0. The minimum Gasteiger partial charge on any atom is -0.870 e. The van der Waals surface area contributed by atoms with Crippen molar-refractivity contribution in [2.24, 2.45) is 0 Å². The first-order chi connectivity index (χ1) is 0. The van der Waals surface area contributed by atoms with Gasteiger partial charge in [0.2, 0.25) is 0 Å². The summed E-state index contributed by atoms with van der Waals surface area (Å²) in [6.07, 6.45) is 0. The Labute approximate surface area is 147 Å². The van der Waals surface area contributed by atoms with E-state index in [0.717, 1.165) is 0 Å². The smallest absolute Gasteiger partial charge is 0.870 e. The van der Waals surface area contributed by atoms with E-state index < -0.39 is 0 Å².